The molecule has 0 unspecified atom stereocenters. The third-order valence-corrected chi connectivity index (χ3v) is 4.46. The Morgan fingerprint density at radius 3 is 2.90 bits per heavy atom. The van der Waals surface area contributed by atoms with E-state index in [-0.39, 0.29) is 5.60 Å². The lowest BCUT2D eigenvalue weighted by atomic mass is 9.84. The fourth-order valence-corrected chi connectivity index (χ4v) is 3.54. The summed E-state index contributed by atoms with van der Waals surface area (Å²) >= 11 is 0. The number of hydrogen-bond acceptors (Lipinski definition) is 4. The van der Waals surface area contributed by atoms with Crippen LogP contribution in [0, 0.1) is 0 Å². The lowest BCUT2D eigenvalue weighted by Gasteiger charge is -2.53. The number of para-hydroxylation sites is 1. The molecule has 1 spiro atoms. The number of benzene rings is 1. The van der Waals surface area contributed by atoms with Gasteiger partial charge in [0.1, 0.15) is 5.75 Å². The summed E-state index contributed by atoms with van der Waals surface area (Å²) in [6.07, 6.45) is 2.43. The van der Waals surface area contributed by atoms with Crippen LogP contribution < -0.4 is 4.74 Å². The van der Waals surface area contributed by atoms with Crippen molar-refractivity contribution in [3.63, 3.8) is 0 Å². The van der Waals surface area contributed by atoms with Gasteiger partial charge in [-0.15, -0.1) is 0 Å². The molecule has 21 heavy (non-hydrogen) atoms. The van der Waals surface area contributed by atoms with E-state index in [2.05, 4.69) is 24.0 Å². The third-order valence-electron chi connectivity index (χ3n) is 4.46. The van der Waals surface area contributed by atoms with Crippen LogP contribution in [0.2, 0.25) is 0 Å². The molecule has 1 aromatic rings. The molecule has 3 rings (SSSR count). The molecule has 0 bridgehead atoms. The van der Waals surface area contributed by atoms with E-state index in [1.165, 1.54) is 5.56 Å². The third kappa shape index (κ3) is 3.23. The van der Waals surface area contributed by atoms with Crippen LogP contribution in [-0.4, -0.2) is 50.0 Å². The molecule has 2 aliphatic heterocycles. The summed E-state index contributed by atoms with van der Waals surface area (Å²) in [4.78, 5) is 2.42. The lowest BCUT2D eigenvalue weighted by molar-refractivity contribution is -0.198. The summed E-state index contributed by atoms with van der Waals surface area (Å²) in [7, 11) is 1.73. The Balaban J connectivity index is 1.55. The van der Waals surface area contributed by atoms with Crippen molar-refractivity contribution in [1.29, 1.82) is 0 Å². The Morgan fingerprint density at radius 2 is 2.14 bits per heavy atom. The largest absolute Gasteiger partial charge is 0.496 e. The normalized spacial score (nSPS) is 24.8. The van der Waals surface area contributed by atoms with Crippen molar-refractivity contribution in [3.8, 4) is 5.75 Å². The van der Waals surface area contributed by atoms with Gasteiger partial charge in [-0.1, -0.05) is 18.2 Å². The number of hydrogen-bond donors (Lipinski definition) is 0. The summed E-state index contributed by atoms with van der Waals surface area (Å²) in [5, 5.41) is 0. The summed E-state index contributed by atoms with van der Waals surface area (Å²) < 4.78 is 17.3. The molecule has 2 heterocycles. The average molecular weight is 291 g/mol. The Hall–Kier alpha value is -1.10. The molecule has 0 saturated carbocycles. The minimum Gasteiger partial charge on any atom is -0.496 e. The second-order valence-corrected chi connectivity index (χ2v) is 6.06. The Morgan fingerprint density at radius 1 is 1.33 bits per heavy atom. The van der Waals surface area contributed by atoms with Crippen molar-refractivity contribution in [2.45, 2.75) is 38.0 Å². The highest BCUT2D eigenvalue weighted by molar-refractivity contribution is 5.33. The van der Waals surface area contributed by atoms with Gasteiger partial charge in [0.15, 0.2) is 0 Å². The van der Waals surface area contributed by atoms with E-state index in [1.807, 2.05) is 12.1 Å². The maximum atomic E-state index is 6.05. The quantitative estimate of drug-likeness (QED) is 0.834. The van der Waals surface area contributed by atoms with Crippen LogP contribution in [0.25, 0.3) is 0 Å². The Bertz CT molecular complexity index is 469. The fourth-order valence-electron chi connectivity index (χ4n) is 3.54. The second kappa shape index (κ2) is 6.34. The predicted molar refractivity (Wildman–Crippen MR) is 81.6 cm³/mol. The molecule has 0 aromatic heterocycles. The van der Waals surface area contributed by atoms with Gasteiger partial charge in [-0.25, -0.2) is 0 Å². The molecule has 1 aromatic carbocycles. The first-order chi connectivity index (χ1) is 10.2. The van der Waals surface area contributed by atoms with Gasteiger partial charge in [0.25, 0.3) is 0 Å². The predicted octanol–water partition coefficient (Wildman–Crippen LogP) is 2.47. The second-order valence-electron chi connectivity index (χ2n) is 6.06. The zero-order chi connectivity index (χ0) is 14.7. The molecule has 0 radical (unpaired) electrons. The van der Waals surface area contributed by atoms with Gasteiger partial charge in [-0.3, -0.25) is 4.90 Å². The first kappa shape index (κ1) is 14.8. The number of ether oxygens (including phenoxy) is 3. The molecule has 4 nitrogen and oxygen atoms in total. The van der Waals surface area contributed by atoms with Gasteiger partial charge in [-0.05, 0) is 19.4 Å². The average Bonchev–Trinajstić information content (AvgIpc) is 2.47. The van der Waals surface area contributed by atoms with E-state index in [1.54, 1.807) is 7.11 Å². The molecular weight excluding hydrogens is 266 g/mol. The minimum absolute atomic E-state index is 0.0279. The van der Waals surface area contributed by atoms with Crippen molar-refractivity contribution >= 4 is 0 Å². The number of methoxy groups -OCH3 is 1. The monoisotopic (exact) mass is 291 g/mol. The van der Waals surface area contributed by atoms with Gasteiger partial charge >= 0.3 is 0 Å². The molecule has 4 heteroatoms. The Labute approximate surface area is 127 Å². The maximum Gasteiger partial charge on any atom is 0.123 e. The van der Waals surface area contributed by atoms with Crippen LogP contribution in [0.1, 0.15) is 25.3 Å². The molecule has 0 amide bonds. The fraction of sp³-hybridized carbons (Fsp3) is 0.647. The smallest absolute Gasteiger partial charge is 0.123 e. The van der Waals surface area contributed by atoms with Gasteiger partial charge < -0.3 is 14.2 Å². The van der Waals surface area contributed by atoms with Crippen molar-refractivity contribution in [2.75, 3.05) is 33.4 Å². The molecule has 2 saturated heterocycles. The molecule has 0 N–H and O–H groups in total. The van der Waals surface area contributed by atoms with Crippen LogP contribution in [0.3, 0.4) is 0 Å². The van der Waals surface area contributed by atoms with Gasteiger partial charge in [-0.2, -0.15) is 0 Å². The van der Waals surface area contributed by atoms with Gasteiger partial charge in [0.2, 0.25) is 0 Å². The van der Waals surface area contributed by atoms with Crippen molar-refractivity contribution in [3.05, 3.63) is 29.8 Å². The topological polar surface area (TPSA) is 30.9 Å². The van der Waals surface area contributed by atoms with Crippen LogP contribution in [0.15, 0.2) is 24.3 Å². The van der Waals surface area contributed by atoms with Crippen molar-refractivity contribution in [2.24, 2.45) is 0 Å². The number of rotatable bonds is 5. The van der Waals surface area contributed by atoms with Crippen molar-refractivity contribution < 1.29 is 14.2 Å². The summed E-state index contributed by atoms with van der Waals surface area (Å²) in [5.41, 5.74) is 1.27. The maximum absolute atomic E-state index is 6.05. The van der Waals surface area contributed by atoms with Crippen LogP contribution in [0.4, 0.5) is 0 Å². The first-order valence-corrected chi connectivity index (χ1v) is 7.84. The van der Waals surface area contributed by atoms with Gasteiger partial charge in [0, 0.05) is 44.8 Å². The van der Waals surface area contributed by atoms with E-state index in [0.717, 1.165) is 51.4 Å². The number of likely N-dealkylation sites (tertiary alicyclic amines) is 1. The zero-order valence-corrected chi connectivity index (χ0v) is 13.0. The SMILES string of the molecule is CCO[C@H]1CCOC2(C1)CN(Cc1ccccc1OC)C2. The summed E-state index contributed by atoms with van der Waals surface area (Å²) in [6, 6.07) is 8.23. The highest BCUT2D eigenvalue weighted by atomic mass is 16.5. The highest BCUT2D eigenvalue weighted by Gasteiger charge is 2.47. The van der Waals surface area contributed by atoms with E-state index in [4.69, 9.17) is 14.2 Å². The molecule has 2 aliphatic rings. The van der Waals surface area contributed by atoms with E-state index in [9.17, 15) is 0 Å². The summed E-state index contributed by atoms with van der Waals surface area (Å²) in [6.45, 7) is 6.60. The standard InChI is InChI=1S/C17H25NO3/c1-3-20-15-8-9-21-17(10-15)12-18(13-17)11-14-6-4-5-7-16(14)19-2/h4-7,15H,3,8-13H2,1-2H3/t15-/m0/s1. The summed E-state index contributed by atoms with van der Waals surface area (Å²) in [5.74, 6) is 0.968. The van der Waals surface area contributed by atoms with E-state index < -0.39 is 0 Å². The van der Waals surface area contributed by atoms with Crippen LogP contribution >= 0.6 is 0 Å². The van der Waals surface area contributed by atoms with Crippen LogP contribution in [-0.2, 0) is 16.0 Å². The minimum atomic E-state index is 0.0279. The number of nitrogens with zero attached hydrogens (tertiary/aromatic N) is 1. The highest BCUT2D eigenvalue weighted by Crippen LogP contribution is 2.36. The van der Waals surface area contributed by atoms with Crippen molar-refractivity contribution in [1.82, 2.24) is 4.90 Å². The molecule has 1 atom stereocenters. The van der Waals surface area contributed by atoms with Gasteiger partial charge in [0.05, 0.1) is 18.8 Å². The first-order valence-electron chi connectivity index (χ1n) is 7.84. The lowest BCUT2D eigenvalue weighted by Crippen LogP contribution is -2.65. The zero-order valence-electron chi connectivity index (χ0n) is 13.0. The molecule has 116 valence electrons. The molecular formula is C17H25NO3. The van der Waals surface area contributed by atoms with E-state index >= 15 is 0 Å². The Kier molecular flexibility index (Phi) is 4.48. The van der Waals surface area contributed by atoms with E-state index in [0.29, 0.717) is 6.10 Å². The van der Waals surface area contributed by atoms with Crippen LogP contribution in [0.5, 0.6) is 5.75 Å². The molecule has 0 aliphatic carbocycles. The molecule has 2 fully saturated rings.